The molecule has 1 N–H and O–H groups in total. The van der Waals surface area contributed by atoms with Gasteiger partial charge in [0.1, 0.15) is 11.6 Å². The van der Waals surface area contributed by atoms with Gasteiger partial charge in [-0.15, -0.1) is 10.2 Å². The fourth-order valence-corrected chi connectivity index (χ4v) is 1.74. The minimum atomic E-state index is 0.468. The molecular formula is C10H18N4O. The largest absolute Gasteiger partial charge is 0.380 e. The average molecular weight is 210 g/mol. The summed E-state index contributed by atoms with van der Waals surface area (Å²) in [7, 11) is 1.99. The molecule has 1 aliphatic rings. The van der Waals surface area contributed by atoms with Gasteiger partial charge in [0.25, 0.3) is 0 Å². The van der Waals surface area contributed by atoms with Gasteiger partial charge in [-0.2, -0.15) is 0 Å². The molecule has 5 heteroatoms. The van der Waals surface area contributed by atoms with Gasteiger partial charge in [-0.3, -0.25) is 0 Å². The predicted octanol–water partition coefficient (Wildman–Crippen LogP) is 0.392. The van der Waals surface area contributed by atoms with Gasteiger partial charge in [-0.05, 0) is 19.8 Å². The van der Waals surface area contributed by atoms with E-state index in [1.165, 1.54) is 6.42 Å². The van der Waals surface area contributed by atoms with E-state index in [9.17, 15) is 0 Å². The van der Waals surface area contributed by atoms with Crippen molar-refractivity contribution in [2.45, 2.75) is 32.4 Å². The zero-order valence-corrected chi connectivity index (χ0v) is 9.36. The number of ether oxygens (including phenoxy) is 1. The number of hydrogen-bond acceptors (Lipinski definition) is 4. The van der Waals surface area contributed by atoms with E-state index in [0.717, 1.165) is 37.8 Å². The minimum Gasteiger partial charge on any atom is -0.380 e. The van der Waals surface area contributed by atoms with Crippen molar-refractivity contribution in [3.8, 4) is 0 Å². The maximum atomic E-state index is 5.40. The highest BCUT2D eigenvalue weighted by molar-refractivity contribution is 4.92. The van der Waals surface area contributed by atoms with Crippen molar-refractivity contribution in [3.05, 3.63) is 11.6 Å². The first-order valence-electron chi connectivity index (χ1n) is 5.43. The molecule has 0 aliphatic carbocycles. The number of aromatic nitrogens is 3. The Morgan fingerprint density at radius 1 is 1.53 bits per heavy atom. The van der Waals surface area contributed by atoms with E-state index in [0.29, 0.717) is 6.04 Å². The van der Waals surface area contributed by atoms with E-state index < -0.39 is 0 Å². The second kappa shape index (κ2) is 4.72. The highest BCUT2D eigenvalue weighted by Crippen LogP contribution is 2.06. The molecule has 2 heterocycles. The maximum absolute atomic E-state index is 5.40. The summed E-state index contributed by atoms with van der Waals surface area (Å²) in [6.07, 6.45) is 2.34. The molecule has 1 atom stereocenters. The SMILES string of the molecule is Cc1nnc(CNC2CCCOC2)n1C. The number of rotatable bonds is 3. The van der Waals surface area contributed by atoms with Crippen molar-refractivity contribution in [1.82, 2.24) is 20.1 Å². The maximum Gasteiger partial charge on any atom is 0.146 e. The van der Waals surface area contributed by atoms with Crippen molar-refractivity contribution in [2.24, 2.45) is 7.05 Å². The monoisotopic (exact) mass is 210 g/mol. The van der Waals surface area contributed by atoms with Crippen molar-refractivity contribution in [1.29, 1.82) is 0 Å². The van der Waals surface area contributed by atoms with Crippen LogP contribution in [0.4, 0.5) is 0 Å². The minimum absolute atomic E-state index is 0.468. The first kappa shape index (κ1) is 10.6. The van der Waals surface area contributed by atoms with Crippen LogP contribution >= 0.6 is 0 Å². The van der Waals surface area contributed by atoms with Gasteiger partial charge in [0.15, 0.2) is 0 Å². The van der Waals surface area contributed by atoms with Crippen molar-refractivity contribution in [3.63, 3.8) is 0 Å². The topological polar surface area (TPSA) is 52.0 Å². The molecule has 0 spiro atoms. The molecule has 0 amide bonds. The standard InChI is InChI=1S/C10H18N4O/c1-8-12-13-10(14(8)2)6-11-9-4-3-5-15-7-9/h9,11H,3-7H2,1-2H3. The molecule has 1 fully saturated rings. The molecule has 0 radical (unpaired) electrons. The van der Waals surface area contributed by atoms with E-state index in [1.807, 2.05) is 18.5 Å². The fourth-order valence-electron chi connectivity index (χ4n) is 1.74. The molecule has 1 saturated heterocycles. The average Bonchev–Trinajstić information content (AvgIpc) is 2.59. The first-order valence-corrected chi connectivity index (χ1v) is 5.43. The van der Waals surface area contributed by atoms with Gasteiger partial charge in [0.2, 0.25) is 0 Å². The zero-order valence-electron chi connectivity index (χ0n) is 9.36. The van der Waals surface area contributed by atoms with Gasteiger partial charge in [0.05, 0.1) is 13.2 Å². The summed E-state index contributed by atoms with van der Waals surface area (Å²) in [6.45, 7) is 4.45. The van der Waals surface area contributed by atoms with E-state index in [2.05, 4.69) is 15.5 Å². The Hall–Kier alpha value is -0.940. The van der Waals surface area contributed by atoms with Crippen molar-refractivity contribution in [2.75, 3.05) is 13.2 Å². The van der Waals surface area contributed by atoms with Gasteiger partial charge < -0.3 is 14.6 Å². The number of hydrogen-bond donors (Lipinski definition) is 1. The predicted molar refractivity (Wildman–Crippen MR) is 56.4 cm³/mol. The molecule has 1 unspecified atom stereocenters. The third-order valence-corrected chi connectivity index (χ3v) is 2.89. The van der Waals surface area contributed by atoms with Gasteiger partial charge in [0, 0.05) is 19.7 Å². The molecule has 1 aromatic rings. The second-order valence-corrected chi connectivity index (χ2v) is 4.02. The van der Waals surface area contributed by atoms with Gasteiger partial charge in [-0.1, -0.05) is 0 Å². The lowest BCUT2D eigenvalue weighted by molar-refractivity contribution is 0.0696. The quantitative estimate of drug-likeness (QED) is 0.784. The lowest BCUT2D eigenvalue weighted by Gasteiger charge is -2.22. The molecule has 5 nitrogen and oxygen atoms in total. The van der Waals surface area contributed by atoms with Crippen LogP contribution in [0.25, 0.3) is 0 Å². The van der Waals surface area contributed by atoms with E-state index >= 15 is 0 Å². The highest BCUT2D eigenvalue weighted by Gasteiger charge is 2.14. The van der Waals surface area contributed by atoms with Crippen LogP contribution in [-0.2, 0) is 18.3 Å². The summed E-state index contributed by atoms with van der Waals surface area (Å²) >= 11 is 0. The summed E-state index contributed by atoms with van der Waals surface area (Å²) in [4.78, 5) is 0. The van der Waals surface area contributed by atoms with Crippen LogP contribution in [0.15, 0.2) is 0 Å². The van der Waals surface area contributed by atoms with E-state index in [4.69, 9.17) is 4.74 Å². The third-order valence-electron chi connectivity index (χ3n) is 2.89. The van der Waals surface area contributed by atoms with Gasteiger partial charge in [-0.25, -0.2) is 0 Å². The zero-order chi connectivity index (χ0) is 10.7. The third kappa shape index (κ3) is 2.54. The van der Waals surface area contributed by atoms with E-state index in [-0.39, 0.29) is 0 Å². The van der Waals surface area contributed by atoms with Crippen LogP contribution in [0.3, 0.4) is 0 Å². The molecule has 2 rings (SSSR count). The second-order valence-electron chi connectivity index (χ2n) is 4.02. The fraction of sp³-hybridized carbons (Fsp3) is 0.800. The van der Waals surface area contributed by atoms with Crippen LogP contribution < -0.4 is 5.32 Å². The smallest absolute Gasteiger partial charge is 0.146 e. The van der Waals surface area contributed by atoms with Crippen molar-refractivity contribution < 1.29 is 4.74 Å². The summed E-state index contributed by atoms with van der Waals surface area (Å²) in [6, 6.07) is 0.468. The molecule has 0 bridgehead atoms. The molecule has 84 valence electrons. The first-order chi connectivity index (χ1) is 7.27. The molecule has 0 aromatic carbocycles. The molecular weight excluding hydrogens is 192 g/mol. The number of nitrogens with zero attached hydrogens (tertiary/aromatic N) is 3. The van der Waals surface area contributed by atoms with Gasteiger partial charge >= 0.3 is 0 Å². The normalized spacial score (nSPS) is 21.9. The number of nitrogens with one attached hydrogen (secondary N) is 1. The highest BCUT2D eigenvalue weighted by atomic mass is 16.5. The Kier molecular flexibility index (Phi) is 3.33. The summed E-state index contributed by atoms with van der Waals surface area (Å²) < 4.78 is 7.41. The Morgan fingerprint density at radius 3 is 3.00 bits per heavy atom. The van der Waals surface area contributed by atoms with Crippen molar-refractivity contribution >= 4 is 0 Å². The molecule has 15 heavy (non-hydrogen) atoms. The molecule has 1 aliphatic heterocycles. The lowest BCUT2D eigenvalue weighted by Crippen LogP contribution is -2.36. The Bertz CT molecular complexity index is 317. The molecule has 1 aromatic heterocycles. The van der Waals surface area contributed by atoms with E-state index in [1.54, 1.807) is 0 Å². The van der Waals surface area contributed by atoms with Crippen LogP contribution in [0.2, 0.25) is 0 Å². The van der Waals surface area contributed by atoms with Crippen LogP contribution in [0.1, 0.15) is 24.5 Å². The molecule has 0 saturated carbocycles. The summed E-state index contributed by atoms with van der Waals surface area (Å²) in [5.41, 5.74) is 0. The Morgan fingerprint density at radius 2 is 2.40 bits per heavy atom. The Labute approximate surface area is 89.8 Å². The van der Waals surface area contributed by atoms with Crippen LogP contribution in [0, 0.1) is 6.92 Å². The van der Waals surface area contributed by atoms with Crippen LogP contribution in [0.5, 0.6) is 0 Å². The number of aryl methyl sites for hydroxylation is 1. The lowest BCUT2D eigenvalue weighted by atomic mass is 10.1. The summed E-state index contributed by atoms with van der Waals surface area (Å²) in [5.74, 6) is 1.93. The Balaban J connectivity index is 1.84. The summed E-state index contributed by atoms with van der Waals surface area (Å²) in [5, 5.41) is 11.6. The van der Waals surface area contributed by atoms with Crippen LogP contribution in [-0.4, -0.2) is 34.0 Å².